The van der Waals surface area contributed by atoms with Crippen LogP contribution in [0.25, 0.3) is 0 Å². The Morgan fingerprint density at radius 1 is 1.67 bits per heavy atom. The Labute approximate surface area is 53.9 Å². The predicted octanol–water partition coefficient (Wildman–Crippen LogP) is 0.895. The zero-order valence-electron chi connectivity index (χ0n) is 5.11. The van der Waals surface area contributed by atoms with Gasteiger partial charge < -0.3 is 9.79 Å². The SMILES string of the molecule is CC=C=CCP(=O)(O)O. The zero-order valence-corrected chi connectivity index (χ0v) is 6.01. The molecular formula is C5H9O3P. The topological polar surface area (TPSA) is 57.5 Å². The smallest absolute Gasteiger partial charge is 0.324 e. The minimum Gasteiger partial charge on any atom is -0.324 e. The average molecular weight is 148 g/mol. The molecule has 0 aromatic rings. The highest BCUT2D eigenvalue weighted by Crippen LogP contribution is 2.33. The summed E-state index contributed by atoms with van der Waals surface area (Å²) >= 11 is 0. The molecule has 0 aromatic carbocycles. The predicted molar refractivity (Wildman–Crippen MR) is 35.2 cm³/mol. The molecule has 3 nitrogen and oxygen atoms in total. The van der Waals surface area contributed by atoms with Crippen molar-refractivity contribution in [3.05, 3.63) is 17.9 Å². The molecule has 0 unspecified atom stereocenters. The van der Waals surface area contributed by atoms with Gasteiger partial charge in [-0.05, 0) is 19.1 Å². The van der Waals surface area contributed by atoms with Gasteiger partial charge in [0.1, 0.15) is 0 Å². The van der Waals surface area contributed by atoms with E-state index >= 15 is 0 Å². The van der Waals surface area contributed by atoms with Gasteiger partial charge in [-0.25, -0.2) is 0 Å². The highest BCUT2D eigenvalue weighted by Gasteiger charge is 2.07. The lowest BCUT2D eigenvalue weighted by Gasteiger charge is -1.94. The van der Waals surface area contributed by atoms with Gasteiger partial charge in [-0.3, -0.25) is 4.57 Å². The van der Waals surface area contributed by atoms with E-state index in [4.69, 9.17) is 9.79 Å². The highest BCUT2D eigenvalue weighted by molar-refractivity contribution is 7.51. The summed E-state index contributed by atoms with van der Waals surface area (Å²) in [4.78, 5) is 16.5. The fourth-order valence-corrected chi connectivity index (χ4v) is 0.633. The molecule has 4 heteroatoms. The summed E-state index contributed by atoms with van der Waals surface area (Å²) in [7, 11) is -3.83. The van der Waals surface area contributed by atoms with Crippen LogP contribution in [0.4, 0.5) is 0 Å². The van der Waals surface area contributed by atoms with E-state index in [9.17, 15) is 4.57 Å². The second kappa shape index (κ2) is 3.65. The molecule has 2 N–H and O–H groups in total. The Morgan fingerprint density at radius 3 is 2.56 bits per heavy atom. The summed E-state index contributed by atoms with van der Waals surface area (Å²) in [5.74, 6) is 0. The molecule has 0 amide bonds. The third-order valence-corrected chi connectivity index (χ3v) is 1.27. The van der Waals surface area contributed by atoms with Crippen molar-refractivity contribution in [2.75, 3.05) is 6.16 Å². The zero-order chi connectivity index (χ0) is 7.33. The number of hydrogen-bond acceptors (Lipinski definition) is 1. The lowest BCUT2D eigenvalue weighted by atomic mass is 10.6. The van der Waals surface area contributed by atoms with Crippen LogP contribution in [-0.4, -0.2) is 15.9 Å². The molecule has 0 atom stereocenters. The van der Waals surface area contributed by atoms with Crippen LogP contribution >= 0.6 is 7.60 Å². The Morgan fingerprint density at radius 2 is 2.22 bits per heavy atom. The number of allylic oxidation sites excluding steroid dienone is 1. The van der Waals surface area contributed by atoms with E-state index < -0.39 is 7.60 Å². The molecule has 0 aliphatic carbocycles. The van der Waals surface area contributed by atoms with Crippen LogP contribution in [0.5, 0.6) is 0 Å². The maximum absolute atomic E-state index is 10.1. The Hall–Kier alpha value is -0.330. The number of hydrogen-bond donors (Lipinski definition) is 2. The Bertz CT molecular complexity index is 173. The van der Waals surface area contributed by atoms with Crippen LogP contribution in [-0.2, 0) is 4.57 Å². The minimum atomic E-state index is -3.83. The maximum Gasteiger partial charge on any atom is 0.329 e. The lowest BCUT2D eigenvalue weighted by molar-refractivity contribution is 0.377. The molecule has 52 valence electrons. The van der Waals surface area contributed by atoms with Gasteiger partial charge in [-0.15, -0.1) is 5.73 Å². The molecule has 0 rings (SSSR count). The van der Waals surface area contributed by atoms with Crippen molar-refractivity contribution in [2.45, 2.75) is 6.92 Å². The average Bonchev–Trinajstić information content (AvgIpc) is 1.63. The van der Waals surface area contributed by atoms with E-state index in [2.05, 4.69) is 5.73 Å². The fraction of sp³-hybridized carbons (Fsp3) is 0.400. The van der Waals surface area contributed by atoms with Crippen molar-refractivity contribution in [3.63, 3.8) is 0 Å². The van der Waals surface area contributed by atoms with Crippen molar-refractivity contribution in [3.8, 4) is 0 Å². The molecule has 0 aromatic heterocycles. The van der Waals surface area contributed by atoms with Gasteiger partial charge in [0, 0.05) is 0 Å². The van der Waals surface area contributed by atoms with Gasteiger partial charge in [0.15, 0.2) is 0 Å². The number of rotatable bonds is 2. The lowest BCUT2D eigenvalue weighted by Crippen LogP contribution is -1.79. The van der Waals surface area contributed by atoms with E-state index in [0.29, 0.717) is 0 Å². The normalized spacial score (nSPS) is 10.1. The van der Waals surface area contributed by atoms with E-state index in [1.807, 2.05) is 0 Å². The summed E-state index contributed by atoms with van der Waals surface area (Å²) < 4.78 is 10.1. The van der Waals surface area contributed by atoms with Crippen LogP contribution in [0.1, 0.15) is 6.92 Å². The van der Waals surface area contributed by atoms with Crippen molar-refractivity contribution < 1.29 is 14.4 Å². The molecule has 0 radical (unpaired) electrons. The standard InChI is InChI=1S/C5H9O3P/c1-2-3-4-5-9(6,7)8/h2,4H,5H2,1H3,(H2,6,7,8). The van der Waals surface area contributed by atoms with Crippen molar-refractivity contribution in [1.29, 1.82) is 0 Å². The van der Waals surface area contributed by atoms with Crippen molar-refractivity contribution >= 4 is 7.60 Å². The van der Waals surface area contributed by atoms with Gasteiger partial charge in [-0.1, -0.05) is 0 Å². The molecule has 0 saturated carbocycles. The van der Waals surface area contributed by atoms with Crippen molar-refractivity contribution in [1.82, 2.24) is 0 Å². The third kappa shape index (κ3) is 7.67. The second-order valence-electron chi connectivity index (χ2n) is 1.51. The fourth-order valence-electron chi connectivity index (χ4n) is 0.289. The van der Waals surface area contributed by atoms with Gasteiger partial charge in [0.2, 0.25) is 0 Å². The molecule has 0 fully saturated rings. The molecule has 0 aliphatic rings. The van der Waals surface area contributed by atoms with Gasteiger partial charge in [0.05, 0.1) is 6.16 Å². The van der Waals surface area contributed by atoms with E-state index in [0.717, 1.165) is 0 Å². The van der Waals surface area contributed by atoms with Gasteiger partial charge in [-0.2, -0.15) is 0 Å². The summed E-state index contributed by atoms with van der Waals surface area (Å²) in [6.07, 6.45) is 2.69. The van der Waals surface area contributed by atoms with E-state index in [-0.39, 0.29) is 6.16 Å². The molecule has 0 aliphatic heterocycles. The summed E-state index contributed by atoms with van der Waals surface area (Å²) in [5.41, 5.74) is 2.56. The first-order valence-corrected chi connectivity index (χ1v) is 4.26. The van der Waals surface area contributed by atoms with Crippen LogP contribution in [0.3, 0.4) is 0 Å². The summed E-state index contributed by atoms with van der Waals surface area (Å²) in [5, 5.41) is 0. The molecule has 9 heavy (non-hydrogen) atoms. The maximum atomic E-state index is 10.1. The Kier molecular flexibility index (Phi) is 3.52. The van der Waals surface area contributed by atoms with Gasteiger partial charge in [0.25, 0.3) is 0 Å². The van der Waals surface area contributed by atoms with Crippen LogP contribution in [0.2, 0.25) is 0 Å². The largest absolute Gasteiger partial charge is 0.329 e. The first-order chi connectivity index (χ1) is 4.06. The molecule has 0 spiro atoms. The monoisotopic (exact) mass is 148 g/mol. The van der Waals surface area contributed by atoms with Crippen LogP contribution in [0.15, 0.2) is 17.9 Å². The molecule has 0 bridgehead atoms. The second-order valence-corrected chi connectivity index (χ2v) is 3.20. The summed E-state index contributed by atoms with van der Waals surface area (Å²) in [6, 6.07) is 0. The Balaban J connectivity index is 3.79. The van der Waals surface area contributed by atoms with Crippen LogP contribution in [0, 0.1) is 0 Å². The third-order valence-electron chi connectivity index (χ3n) is 0.614. The molecular weight excluding hydrogens is 139 g/mol. The van der Waals surface area contributed by atoms with Crippen LogP contribution < -0.4 is 0 Å². The first-order valence-electron chi connectivity index (χ1n) is 2.46. The summed E-state index contributed by atoms with van der Waals surface area (Å²) in [6.45, 7) is 1.73. The van der Waals surface area contributed by atoms with E-state index in [1.165, 1.54) is 6.08 Å². The highest BCUT2D eigenvalue weighted by atomic mass is 31.2. The van der Waals surface area contributed by atoms with Crippen molar-refractivity contribution in [2.24, 2.45) is 0 Å². The van der Waals surface area contributed by atoms with E-state index in [1.54, 1.807) is 13.0 Å². The first kappa shape index (κ1) is 8.67. The quantitative estimate of drug-likeness (QED) is 0.451. The molecule has 0 heterocycles. The van der Waals surface area contributed by atoms with Gasteiger partial charge >= 0.3 is 7.60 Å². The molecule has 0 saturated heterocycles. The minimum absolute atomic E-state index is 0.225.